The summed E-state index contributed by atoms with van der Waals surface area (Å²) >= 11 is 6.84. The summed E-state index contributed by atoms with van der Waals surface area (Å²) in [6, 6.07) is 12.3. The molecule has 0 radical (unpaired) electrons. The van der Waals surface area contributed by atoms with Gasteiger partial charge in [0.2, 0.25) is 4.77 Å². The topological polar surface area (TPSA) is 46.0 Å². The zero-order valence-corrected chi connectivity index (χ0v) is 13.1. The van der Waals surface area contributed by atoms with E-state index in [4.69, 9.17) is 12.2 Å². The van der Waals surface area contributed by atoms with Crippen LogP contribution >= 0.6 is 23.6 Å². The maximum atomic E-state index is 5.24. The number of aromatic amines is 1. The van der Waals surface area contributed by atoms with Gasteiger partial charge in [-0.25, -0.2) is 5.10 Å². The Hall–Kier alpha value is -2.05. The van der Waals surface area contributed by atoms with Gasteiger partial charge in [-0.1, -0.05) is 37.3 Å². The molecule has 0 aliphatic carbocycles. The number of nitrogens with one attached hydrogen (secondary N) is 1. The van der Waals surface area contributed by atoms with E-state index in [1.54, 1.807) is 22.2 Å². The number of hydrogen-bond donors (Lipinski definition) is 1. The lowest BCUT2D eigenvalue weighted by Gasteiger charge is -1.99. The second-order valence-electron chi connectivity index (χ2n) is 4.48. The van der Waals surface area contributed by atoms with Crippen LogP contribution in [0.25, 0.3) is 10.7 Å². The maximum absolute atomic E-state index is 5.24. The number of aromatic nitrogens is 3. The van der Waals surface area contributed by atoms with Crippen molar-refractivity contribution in [1.82, 2.24) is 14.9 Å². The molecular weight excluding hydrogens is 300 g/mol. The summed E-state index contributed by atoms with van der Waals surface area (Å²) in [6.45, 7) is 2.14. The van der Waals surface area contributed by atoms with Gasteiger partial charge in [-0.3, -0.25) is 0 Å². The number of hydrogen-bond acceptors (Lipinski definition) is 4. The van der Waals surface area contributed by atoms with Crippen LogP contribution in [-0.2, 0) is 6.42 Å². The summed E-state index contributed by atoms with van der Waals surface area (Å²) in [4.78, 5) is 1.03. The molecule has 0 aliphatic rings. The molecule has 0 aliphatic heterocycles. The van der Waals surface area contributed by atoms with Crippen molar-refractivity contribution in [1.29, 1.82) is 0 Å². The van der Waals surface area contributed by atoms with Gasteiger partial charge in [0.05, 0.1) is 11.1 Å². The monoisotopic (exact) mass is 314 g/mol. The first kappa shape index (κ1) is 13.9. The highest BCUT2D eigenvalue weighted by Gasteiger charge is 2.08. The summed E-state index contributed by atoms with van der Waals surface area (Å²) in [6.07, 6.45) is 2.83. The third kappa shape index (κ3) is 3.01. The van der Waals surface area contributed by atoms with Crippen molar-refractivity contribution < 1.29 is 0 Å². The van der Waals surface area contributed by atoms with Gasteiger partial charge in [0, 0.05) is 0 Å². The third-order valence-corrected chi connectivity index (χ3v) is 4.23. The van der Waals surface area contributed by atoms with Crippen LogP contribution in [0.3, 0.4) is 0 Å². The first-order valence-electron chi connectivity index (χ1n) is 6.62. The van der Waals surface area contributed by atoms with Crippen molar-refractivity contribution in [2.75, 3.05) is 0 Å². The fraction of sp³-hybridized carbons (Fsp3) is 0.133. The van der Waals surface area contributed by atoms with E-state index in [0.717, 1.165) is 22.7 Å². The van der Waals surface area contributed by atoms with Gasteiger partial charge in [0.15, 0.2) is 5.82 Å². The van der Waals surface area contributed by atoms with Crippen LogP contribution in [0.1, 0.15) is 18.1 Å². The number of H-pyrrole nitrogens is 1. The molecule has 0 atom stereocenters. The number of nitrogens with zero attached hydrogens (tertiary/aromatic N) is 3. The van der Waals surface area contributed by atoms with Crippen molar-refractivity contribution >= 4 is 29.8 Å². The van der Waals surface area contributed by atoms with Crippen LogP contribution in [0.4, 0.5) is 0 Å². The van der Waals surface area contributed by atoms with Crippen LogP contribution in [0.2, 0.25) is 0 Å². The molecule has 2 aromatic heterocycles. The van der Waals surface area contributed by atoms with E-state index in [9.17, 15) is 0 Å². The predicted octanol–water partition coefficient (Wildman–Crippen LogP) is 4.11. The van der Waals surface area contributed by atoms with Gasteiger partial charge in [-0.05, 0) is 41.2 Å². The summed E-state index contributed by atoms with van der Waals surface area (Å²) in [5, 5.41) is 13.5. The molecule has 0 bridgehead atoms. The second-order valence-corrected chi connectivity index (χ2v) is 5.82. The molecule has 0 saturated heterocycles. The lowest BCUT2D eigenvalue weighted by atomic mass is 10.1. The Kier molecular flexibility index (Phi) is 4.08. The average Bonchev–Trinajstić information content (AvgIpc) is 3.15. The van der Waals surface area contributed by atoms with Crippen LogP contribution in [0.5, 0.6) is 0 Å². The summed E-state index contributed by atoms with van der Waals surface area (Å²) in [5.74, 6) is 0.733. The molecule has 0 fully saturated rings. The fourth-order valence-electron chi connectivity index (χ4n) is 1.93. The zero-order valence-electron chi connectivity index (χ0n) is 11.5. The molecule has 21 heavy (non-hydrogen) atoms. The van der Waals surface area contributed by atoms with Crippen LogP contribution in [0, 0.1) is 4.77 Å². The summed E-state index contributed by atoms with van der Waals surface area (Å²) in [7, 11) is 0. The van der Waals surface area contributed by atoms with E-state index in [1.807, 2.05) is 17.5 Å². The quantitative estimate of drug-likeness (QED) is 0.582. The molecule has 106 valence electrons. The minimum absolute atomic E-state index is 0.486. The first-order valence-corrected chi connectivity index (χ1v) is 7.91. The van der Waals surface area contributed by atoms with Crippen LogP contribution in [0.15, 0.2) is 46.9 Å². The summed E-state index contributed by atoms with van der Waals surface area (Å²) in [5.41, 5.74) is 2.35. The van der Waals surface area contributed by atoms with Crippen molar-refractivity contribution in [3.05, 3.63) is 57.7 Å². The van der Waals surface area contributed by atoms with Gasteiger partial charge in [0.1, 0.15) is 0 Å². The van der Waals surface area contributed by atoms with Crippen molar-refractivity contribution in [3.63, 3.8) is 0 Å². The Bertz CT molecular complexity index is 795. The third-order valence-electron chi connectivity index (χ3n) is 3.10. The highest BCUT2D eigenvalue weighted by Crippen LogP contribution is 2.22. The molecule has 2 heterocycles. The first-order chi connectivity index (χ1) is 10.3. The smallest absolute Gasteiger partial charge is 0.216 e. The Morgan fingerprint density at radius 1 is 1.33 bits per heavy atom. The molecule has 0 spiro atoms. The Morgan fingerprint density at radius 3 is 2.81 bits per heavy atom. The molecule has 4 nitrogen and oxygen atoms in total. The maximum Gasteiger partial charge on any atom is 0.216 e. The van der Waals surface area contributed by atoms with Gasteiger partial charge in [-0.2, -0.15) is 14.9 Å². The number of rotatable bonds is 4. The SMILES string of the molecule is CCc1ccc(/C=N\n2c(-c3cccs3)n[nH]c2=S)cc1. The minimum Gasteiger partial charge on any atom is -0.250 e. The lowest BCUT2D eigenvalue weighted by molar-refractivity contribution is 0.873. The van der Waals surface area contributed by atoms with E-state index in [1.165, 1.54) is 5.56 Å². The molecule has 3 rings (SSSR count). The van der Waals surface area contributed by atoms with E-state index < -0.39 is 0 Å². The Balaban J connectivity index is 1.92. The highest BCUT2D eigenvalue weighted by atomic mass is 32.1. The molecule has 1 N–H and O–H groups in total. The van der Waals surface area contributed by atoms with Gasteiger partial charge in [0.25, 0.3) is 0 Å². The normalized spacial score (nSPS) is 11.3. The van der Waals surface area contributed by atoms with E-state index in [-0.39, 0.29) is 0 Å². The van der Waals surface area contributed by atoms with E-state index >= 15 is 0 Å². The predicted molar refractivity (Wildman–Crippen MR) is 89.5 cm³/mol. The van der Waals surface area contributed by atoms with E-state index in [0.29, 0.717) is 4.77 Å². The Morgan fingerprint density at radius 2 is 2.14 bits per heavy atom. The molecule has 0 unspecified atom stereocenters. The highest BCUT2D eigenvalue weighted by molar-refractivity contribution is 7.71. The van der Waals surface area contributed by atoms with E-state index in [2.05, 4.69) is 46.5 Å². The molecule has 0 saturated carbocycles. The number of aryl methyl sites for hydroxylation is 1. The van der Waals surface area contributed by atoms with Crippen molar-refractivity contribution in [2.24, 2.45) is 5.10 Å². The average molecular weight is 314 g/mol. The minimum atomic E-state index is 0.486. The second kappa shape index (κ2) is 6.15. The van der Waals surface area contributed by atoms with Crippen molar-refractivity contribution in [2.45, 2.75) is 13.3 Å². The van der Waals surface area contributed by atoms with Gasteiger partial charge in [-0.15, -0.1) is 11.3 Å². The molecule has 3 aromatic rings. The molecule has 0 amide bonds. The Labute approximate surface area is 131 Å². The van der Waals surface area contributed by atoms with Crippen LogP contribution in [-0.4, -0.2) is 21.1 Å². The zero-order chi connectivity index (χ0) is 14.7. The largest absolute Gasteiger partial charge is 0.250 e. The molecule has 1 aromatic carbocycles. The van der Waals surface area contributed by atoms with Crippen LogP contribution < -0.4 is 0 Å². The number of benzene rings is 1. The van der Waals surface area contributed by atoms with Crippen molar-refractivity contribution in [3.8, 4) is 10.7 Å². The van der Waals surface area contributed by atoms with Gasteiger partial charge >= 0.3 is 0 Å². The fourth-order valence-corrected chi connectivity index (χ4v) is 2.81. The lowest BCUT2D eigenvalue weighted by Crippen LogP contribution is -1.94. The summed E-state index contributed by atoms with van der Waals surface area (Å²) < 4.78 is 2.13. The molecular formula is C15H14N4S2. The standard InChI is InChI=1S/C15H14N4S2/c1-2-11-5-7-12(8-6-11)10-16-19-14(17-18-15(19)20)13-4-3-9-21-13/h3-10H,2H2,1H3,(H,18,20)/b16-10-. The number of thiophene rings is 1. The van der Waals surface area contributed by atoms with Gasteiger partial charge < -0.3 is 0 Å². The molecule has 6 heteroatoms.